The summed E-state index contributed by atoms with van der Waals surface area (Å²) < 4.78 is 27.3. The van der Waals surface area contributed by atoms with Gasteiger partial charge in [-0.15, -0.1) is 0 Å². The average molecular weight is 378 g/mol. The van der Waals surface area contributed by atoms with E-state index in [2.05, 4.69) is 21.2 Å². The van der Waals surface area contributed by atoms with Crippen LogP contribution in [0.5, 0.6) is 0 Å². The Morgan fingerprint density at radius 2 is 2.24 bits per heavy atom. The van der Waals surface area contributed by atoms with Crippen molar-refractivity contribution in [2.75, 3.05) is 20.1 Å². The van der Waals surface area contributed by atoms with Crippen LogP contribution in [-0.4, -0.2) is 43.8 Å². The van der Waals surface area contributed by atoms with E-state index < -0.39 is 20.6 Å². The lowest BCUT2D eigenvalue weighted by molar-refractivity contribution is -0.387. The number of nitrogens with zero attached hydrogens (tertiary/aromatic N) is 2. The van der Waals surface area contributed by atoms with Crippen molar-refractivity contribution in [3.8, 4) is 0 Å². The molecule has 0 aliphatic carbocycles. The van der Waals surface area contributed by atoms with E-state index in [1.807, 2.05) is 0 Å². The van der Waals surface area contributed by atoms with Crippen LogP contribution in [-0.2, 0) is 10.0 Å². The Morgan fingerprint density at radius 3 is 2.86 bits per heavy atom. The summed E-state index contributed by atoms with van der Waals surface area (Å²) in [5.41, 5.74) is -0.403. The maximum atomic E-state index is 12.7. The molecule has 7 nitrogen and oxygen atoms in total. The minimum absolute atomic E-state index is 0.164. The van der Waals surface area contributed by atoms with Gasteiger partial charge in [-0.05, 0) is 32.0 Å². The van der Waals surface area contributed by atoms with E-state index >= 15 is 0 Å². The van der Waals surface area contributed by atoms with Crippen molar-refractivity contribution in [2.24, 2.45) is 0 Å². The lowest BCUT2D eigenvalue weighted by Crippen LogP contribution is -2.40. The summed E-state index contributed by atoms with van der Waals surface area (Å²) in [5, 5.41) is 14.1. The molecule has 1 aliphatic rings. The Hall–Kier alpha value is -1.03. The standard InChI is InChI=1S/C12H16BrN3O4S/c1-14-8-10-3-2-6-15(10)21(19,20)12-5-4-9(13)7-11(12)16(17)18/h4-5,7,10,14H,2-3,6,8H2,1H3. The second kappa shape index (κ2) is 6.39. The van der Waals surface area contributed by atoms with E-state index in [0.29, 0.717) is 17.6 Å². The van der Waals surface area contributed by atoms with Crippen molar-refractivity contribution in [2.45, 2.75) is 23.8 Å². The predicted octanol–water partition coefficient (Wildman–Crippen LogP) is 1.73. The fourth-order valence-electron chi connectivity index (χ4n) is 2.54. The number of nitrogens with one attached hydrogen (secondary N) is 1. The van der Waals surface area contributed by atoms with Gasteiger partial charge in [-0.1, -0.05) is 15.9 Å². The Morgan fingerprint density at radius 1 is 1.52 bits per heavy atom. The molecule has 1 N–H and O–H groups in total. The number of sulfonamides is 1. The van der Waals surface area contributed by atoms with Crippen LogP contribution in [0.4, 0.5) is 5.69 Å². The van der Waals surface area contributed by atoms with Gasteiger partial charge in [0.15, 0.2) is 4.90 Å². The number of nitro benzene ring substituents is 1. The molecule has 1 aliphatic heterocycles. The third-order valence-electron chi connectivity index (χ3n) is 3.47. The third kappa shape index (κ3) is 3.25. The molecule has 0 amide bonds. The van der Waals surface area contributed by atoms with Crippen LogP contribution in [0.1, 0.15) is 12.8 Å². The molecule has 1 saturated heterocycles. The molecule has 116 valence electrons. The molecule has 2 rings (SSSR count). The molecule has 1 atom stereocenters. The molecule has 21 heavy (non-hydrogen) atoms. The van der Waals surface area contributed by atoms with Crippen LogP contribution >= 0.6 is 15.9 Å². The summed E-state index contributed by atoms with van der Waals surface area (Å²) in [6.07, 6.45) is 1.51. The van der Waals surface area contributed by atoms with Crippen molar-refractivity contribution < 1.29 is 13.3 Å². The number of nitro groups is 1. The van der Waals surface area contributed by atoms with Gasteiger partial charge >= 0.3 is 0 Å². The molecule has 0 radical (unpaired) electrons. The zero-order valence-corrected chi connectivity index (χ0v) is 13.9. The highest BCUT2D eigenvalue weighted by atomic mass is 79.9. The van der Waals surface area contributed by atoms with Crippen LogP contribution in [0.15, 0.2) is 27.6 Å². The first-order valence-electron chi connectivity index (χ1n) is 6.48. The van der Waals surface area contributed by atoms with Gasteiger partial charge in [-0.25, -0.2) is 8.42 Å². The highest BCUT2D eigenvalue weighted by molar-refractivity contribution is 9.10. The molecular formula is C12H16BrN3O4S. The van der Waals surface area contributed by atoms with Crippen LogP contribution in [0, 0.1) is 10.1 Å². The number of hydrogen-bond donors (Lipinski definition) is 1. The van der Waals surface area contributed by atoms with Crippen molar-refractivity contribution in [3.63, 3.8) is 0 Å². The van der Waals surface area contributed by atoms with Gasteiger partial charge in [-0.3, -0.25) is 10.1 Å². The third-order valence-corrected chi connectivity index (χ3v) is 5.96. The van der Waals surface area contributed by atoms with Gasteiger partial charge in [0.1, 0.15) is 0 Å². The van der Waals surface area contributed by atoms with Crippen molar-refractivity contribution in [1.29, 1.82) is 0 Å². The molecule has 1 unspecified atom stereocenters. The predicted molar refractivity (Wildman–Crippen MR) is 81.6 cm³/mol. The number of rotatable bonds is 5. The number of hydrogen-bond acceptors (Lipinski definition) is 5. The maximum Gasteiger partial charge on any atom is 0.290 e. The van der Waals surface area contributed by atoms with Gasteiger partial charge in [0.25, 0.3) is 5.69 Å². The largest absolute Gasteiger partial charge is 0.318 e. The molecule has 0 aromatic heterocycles. The van der Waals surface area contributed by atoms with Gasteiger partial charge < -0.3 is 5.32 Å². The zero-order chi connectivity index (χ0) is 15.6. The summed E-state index contributed by atoms with van der Waals surface area (Å²) in [5.74, 6) is 0. The summed E-state index contributed by atoms with van der Waals surface area (Å²) in [6, 6.07) is 3.84. The summed E-state index contributed by atoms with van der Waals surface area (Å²) in [7, 11) is -2.12. The lowest BCUT2D eigenvalue weighted by Gasteiger charge is -2.23. The van der Waals surface area contributed by atoms with Crippen LogP contribution in [0.25, 0.3) is 0 Å². The fraction of sp³-hybridized carbons (Fsp3) is 0.500. The van der Waals surface area contributed by atoms with E-state index in [1.54, 1.807) is 7.05 Å². The van der Waals surface area contributed by atoms with Crippen molar-refractivity contribution in [3.05, 3.63) is 32.8 Å². The Labute approximate surface area is 131 Å². The molecule has 1 heterocycles. The topological polar surface area (TPSA) is 92.6 Å². The van der Waals surface area contributed by atoms with Crippen LogP contribution in [0.2, 0.25) is 0 Å². The molecule has 1 aromatic carbocycles. The van der Waals surface area contributed by atoms with E-state index in [4.69, 9.17) is 0 Å². The smallest absolute Gasteiger partial charge is 0.290 e. The maximum absolute atomic E-state index is 12.7. The number of benzene rings is 1. The molecule has 9 heteroatoms. The first-order valence-corrected chi connectivity index (χ1v) is 8.71. The highest BCUT2D eigenvalue weighted by Gasteiger charge is 2.38. The quantitative estimate of drug-likeness (QED) is 0.622. The van der Waals surface area contributed by atoms with Crippen LogP contribution in [0.3, 0.4) is 0 Å². The molecule has 0 spiro atoms. The van der Waals surface area contributed by atoms with E-state index in [1.165, 1.54) is 22.5 Å². The Kier molecular flexibility index (Phi) is 4.97. The Bertz CT molecular complexity index is 650. The van der Waals surface area contributed by atoms with Crippen molar-refractivity contribution >= 4 is 31.6 Å². The highest BCUT2D eigenvalue weighted by Crippen LogP contribution is 2.33. The summed E-state index contributed by atoms with van der Waals surface area (Å²) in [4.78, 5) is 10.2. The molecule has 0 saturated carbocycles. The van der Waals surface area contributed by atoms with Crippen molar-refractivity contribution in [1.82, 2.24) is 9.62 Å². The molecule has 1 aromatic rings. The molecule has 0 bridgehead atoms. The fourth-order valence-corrected chi connectivity index (χ4v) is 4.72. The Balaban J connectivity index is 2.47. The van der Waals surface area contributed by atoms with E-state index in [0.717, 1.165) is 12.8 Å². The zero-order valence-electron chi connectivity index (χ0n) is 11.5. The number of halogens is 1. The van der Waals surface area contributed by atoms with Gasteiger partial charge in [0, 0.05) is 29.7 Å². The van der Waals surface area contributed by atoms with Gasteiger partial charge in [-0.2, -0.15) is 4.31 Å². The van der Waals surface area contributed by atoms with E-state index in [9.17, 15) is 18.5 Å². The normalized spacial score (nSPS) is 19.8. The van der Waals surface area contributed by atoms with E-state index in [-0.39, 0.29) is 10.9 Å². The first-order chi connectivity index (χ1) is 9.87. The lowest BCUT2D eigenvalue weighted by atomic mass is 10.2. The minimum Gasteiger partial charge on any atom is -0.318 e. The number of likely N-dealkylation sites (N-methyl/N-ethyl adjacent to an activating group) is 1. The summed E-state index contributed by atoms with van der Waals surface area (Å²) >= 11 is 3.13. The molecular weight excluding hydrogens is 362 g/mol. The van der Waals surface area contributed by atoms with Gasteiger partial charge in [0.05, 0.1) is 4.92 Å². The second-order valence-electron chi connectivity index (χ2n) is 4.84. The first kappa shape index (κ1) is 16.3. The van der Waals surface area contributed by atoms with Gasteiger partial charge in [0.2, 0.25) is 10.0 Å². The SMILES string of the molecule is CNCC1CCCN1S(=O)(=O)c1ccc(Br)cc1[N+](=O)[O-]. The summed E-state index contributed by atoms with van der Waals surface area (Å²) in [6.45, 7) is 0.922. The minimum atomic E-state index is -3.87. The van der Waals surface area contributed by atoms with Crippen LogP contribution < -0.4 is 5.32 Å². The molecule has 1 fully saturated rings. The average Bonchev–Trinajstić information content (AvgIpc) is 2.87. The monoisotopic (exact) mass is 377 g/mol. The second-order valence-corrected chi connectivity index (χ2v) is 7.61.